The van der Waals surface area contributed by atoms with Crippen LogP contribution >= 0.6 is 0 Å². The lowest BCUT2D eigenvalue weighted by Crippen LogP contribution is -2.42. The normalized spacial score (nSPS) is 17.9. The van der Waals surface area contributed by atoms with Crippen LogP contribution in [0.2, 0.25) is 0 Å². The fourth-order valence-corrected chi connectivity index (χ4v) is 4.55. The third-order valence-electron chi connectivity index (χ3n) is 4.45. The zero-order valence-electron chi connectivity index (χ0n) is 16.7. The first kappa shape index (κ1) is 21.4. The summed E-state index contributed by atoms with van der Waals surface area (Å²) in [5.41, 5.74) is 0.606. The predicted octanol–water partition coefficient (Wildman–Crippen LogP) is 3.12. The molecule has 1 fully saturated rings. The Morgan fingerprint density at radius 1 is 1.10 bits per heavy atom. The molecule has 156 valence electrons. The zero-order valence-corrected chi connectivity index (χ0v) is 17.5. The Morgan fingerprint density at radius 2 is 1.72 bits per heavy atom. The van der Waals surface area contributed by atoms with Gasteiger partial charge in [-0.25, -0.2) is 17.5 Å². The van der Waals surface area contributed by atoms with Gasteiger partial charge in [-0.3, -0.25) is 4.79 Å². The number of carbonyl (C=O) groups excluding carboxylic acids is 1. The molecule has 8 heteroatoms. The van der Waals surface area contributed by atoms with E-state index >= 15 is 0 Å². The maximum atomic E-state index is 13.1. The van der Waals surface area contributed by atoms with E-state index in [2.05, 4.69) is 4.72 Å². The van der Waals surface area contributed by atoms with Gasteiger partial charge in [0.15, 0.2) is 0 Å². The van der Waals surface area contributed by atoms with E-state index in [0.29, 0.717) is 25.3 Å². The molecule has 3 rings (SSSR count). The highest BCUT2D eigenvalue weighted by Gasteiger charge is 2.27. The summed E-state index contributed by atoms with van der Waals surface area (Å²) in [5, 5.41) is 0. The average Bonchev–Trinajstić information content (AvgIpc) is 2.66. The maximum absolute atomic E-state index is 13.1. The van der Waals surface area contributed by atoms with E-state index in [4.69, 9.17) is 4.74 Å². The highest BCUT2D eigenvalue weighted by Crippen LogP contribution is 2.24. The van der Waals surface area contributed by atoms with Crippen molar-refractivity contribution in [1.29, 1.82) is 0 Å². The second kappa shape index (κ2) is 8.22. The Hall–Kier alpha value is -2.29. The number of amides is 1. The Kier molecular flexibility index (Phi) is 6.07. The molecule has 2 aromatic rings. The Labute approximate surface area is 170 Å². The van der Waals surface area contributed by atoms with E-state index in [1.54, 1.807) is 37.8 Å². The first-order valence-corrected chi connectivity index (χ1v) is 10.8. The molecule has 0 saturated carbocycles. The van der Waals surface area contributed by atoms with Gasteiger partial charge in [-0.2, -0.15) is 0 Å². The molecule has 1 saturated heterocycles. The monoisotopic (exact) mass is 420 g/mol. The van der Waals surface area contributed by atoms with Crippen molar-refractivity contribution >= 4 is 15.9 Å². The number of hydrogen-bond donors (Lipinski definition) is 1. The predicted molar refractivity (Wildman–Crippen MR) is 108 cm³/mol. The topological polar surface area (TPSA) is 75.7 Å². The van der Waals surface area contributed by atoms with E-state index in [0.717, 1.165) is 5.56 Å². The number of nitrogens with one attached hydrogen (secondary N) is 1. The molecule has 1 amide bonds. The zero-order chi connectivity index (χ0) is 21.2. The van der Waals surface area contributed by atoms with Gasteiger partial charge in [-0.15, -0.1) is 0 Å². The minimum Gasteiger partial charge on any atom is -0.370 e. The average molecular weight is 421 g/mol. The summed E-state index contributed by atoms with van der Waals surface area (Å²) < 4.78 is 46.3. The lowest BCUT2D eigenvalue weighted by molar-refractivity contribution is -0.0228. The lowest BCUT2D eigenvalue weighted by atomic mass is 10.1. The van der Waals surface area contributed by atoms with Gasteiger partial charge in [0.2, 0.25) is 10.0 Å². The summed E-state index contributed by atoms with van der Waals surface area (Å²) >= 11 is 0. The standard InChI is InChI=1S/C21H25FN2O4S/c1-21(2,3)23-29(26,27)18-10-6-16(7-11-18)20(25)24-12-13-28-19(14-24)15-4-8-17(22)9-5-15/h4-11,19,23H,12-14H2,1-3H3. The van der Waals surface area contributed by atoms with Crippen LogP contribution in [0.25, 0.3) is 0 Å². The van der Waals surface area contributed by atoms with Crippen LogP contribution in [0.1, 0.15) is 42.8 Å². The van der Waals surface area contributed by atoms with Gasteiger partial charge in [0.25, 0.3) is 5.91 Å². The van der Waals surface area contributed by atoms with E-state index in [1.165, 1.54) is 36.4 Å². The molecular formula is C21H25FN2O4S. The summed E-state index contributed by atoms with van der Waals surface area (Å²) in [7, 11) is -3.66. The highest BCUT2D eigenvalue weighted by atomic mass is 32.2. The van der Waals surface area contributed by atoms with Crippen LogP contribution < -0.4 is 4.72 Å². The smallest absolute Gasteiger partial charge is 0.254 e. The minimum absolute atomic E-state index is 0.107. The van der Waals surface area contributed by atoms with Crippen LogP contribution in [0, 0.1) is 5.82 Å². The number of sulfonamides is 1. The van der Waals surface area contributed by atoms with Gasteiger partial charge in [0.05, 0.1) is 18.0 Å². The van der Waals surface area contributed by atoms with Crippen LogP contribution in [0.3, 0.4) is 0 Å². The van der Waals surface area contributed by atoms with Gasteiger partial charge < -0.3 is 9.64 Å². The molecule has 2 aromatic carbocycles. The summed E-state index contributed by atoms with van der Waals surface area (Å²) in [6.45, 7) is 6.43. The van der Waals surface area contributed by atoms with Crippen LogP contribution in [0.5, 0.6) is 0 Å². The Balaban J connectivity index is 1.72. The third kappa shape index (κ3) is 5.41. The molecule has 0 bridgehead atoms. The largest absolute Gasteiger partial charge is 0.370 e. The first-order chi connectivity index (χ1) is 13.5. The molecule has 1 N–H and O–H groups in total. The molecule has 1 aliphatic rings. The summed E-state index contributed by atoms with van der Waals surface area (Å²) in [5.74, 6) is -0.526. The van der Waals surface area contributed by atoms with Crippen LogP contribution in [0.4, 0.5) is 4.39 Å². The van der Waals surface area contributed by atoms with Gasteiger partial charge in [0, 0.05) is 17.6 Å². The van der Waals surface area contributed by atoms with E-state index in [9.17, 15) is 17.6 Å². The van der Waals surface area contributed by atoms with Crippen LogP contribution in [-0.4, -0.2) is 44.5 Å². The Bertz CT molecular complexity index is 967. The molecular weight excluding hydrogens is 395 g/mol. The number of benzene rings is 2. The van der Waals surface area contributed by atoms with Crippen molar-refractivity contribution < 1.29 is 22.3 Å². The minimum atomic E-state index is -3.66. The van der Waals surface area contributed by atoms with E-state index < -0.39 is 15.6 Å². The Morgan fingerprint density at radius 3 is 2.31 bits per heavy atom. The number of hydrogen-bond acceptors (Lipinski definition) is 4. The SMILES string of the molecule is CC(C)(C)NS(=O)(=O)c1ccc(C(=O)N2CCOC(c3ccc(F)cc3)C2)cc1. The van der Waals surface area contributed by atoms with Crippen molar-refractivity contribution in [2.24, 2.45) is 0 Å². The van der Waals surface area contributed by atoms with Crippen molar-refractivity contribution in [3.8, 4) is 0 Å². The molecule has 6 nitrogen and oxygen atoms in total. The van der Waals surface area contributed by atoms with Crippen molar-refractivity contribution in [1.82, 2.24) is 9.62 Å². The van der Waals surface area contributed by atoms with Crippen molar-refractivity contribution in [3.63, 3.8) is 0 Å². The highest BCUT2D eigenvalue weighted by molar-refractivity contribution is 7.89. The molecule has 0 spiro atoms. The van der Waals surface area contributed by atoms with Gasteiger partial charge in [0.1, 0.15) is 11.9 Å². The second-order valence-corrected chi connectivity index (χ2v) is 9.72. The van der Waals surface area contributed by atoms with Gasteiger partial charge >= 0.3 is 0 Å². The second-order valence-electron chi connectivity index (χ2n) is 8.04. The molecule has 1 heterocycles. The van der Waals surface area contributed by atoms with Gasteiger partial charge in [-0.1, -0.05) is 12.1 Å². The van der Waals surface area contributed by atoms with Gasteiger partial charge in [-0.05, 0) is 62.7 Å². The number of morpholine rings is 1. The summed E-state index contributed by atoms with van der Waals surface area (Å²) in [6, 6.07) is 11.9. The van der Waals surface area contributed by atoms with Crippen molar-refractivity contribution in [3.05, 3.63) is 65.5 Å². The molecule has 1 atom stereocenters. The molecule has 0 aromatic heterocycles. The number of ether oxygens (including phenoxy) is 1. The quantitative estimate of drug-likeness (QED) is 0.825. The summed E-state index contributed by atoms with van der Waals surface area (Å²) in [6.07, 6.45) is -0.330. The first-order valence-electron chi connectivity index (χ1n) is 9.35. The van der Waals surface area contributed by atoms with E-state index in [-0.39, 0.29) is 22.7 Å². The summed E-state index contributed by atoms with van der Waals surface area (Å²) in [4.78, 5) is 14.6. The van der Waals surface area contributed by atoms with Crippen molar-refractivity contribution in [2.75, 3.05) is 19.7 Å². The van der Waals surface area contributed by atoms with Crippen LogP contribution in [-0.2, 0) is 14.8 Å². The van der Waals surface area contributed by atoms with E-state index in [1.807, 2.05) is 0 Å². The fourth-order valence-electron chi connectivity index (χ4n) is 3.13. The molecule has 29 heavy (non-hydrogen) atoms. The maximum Gasteiger partial charge on any atom is 0.254 e. The number of nitrogens with zero attached hydrogens (tertiary/aromatic N) is 1. The van der Waals surface area contributed by atoms with Crippen molar-refractivity contribution in [2.45, 2.75) is 37.3 Å². The number of rotatable bonds is 4. The molecule has 0 radical (unpaired) electrons. The third-order valence-corrected chi connectivity index (χ3v) is 6.22. The molecule has 0 aliphatic carbocycles. The molecule has 1 aliphatic heterocycles. The molecule has 1 unspecified atom stereocenters. The number of carbonyl (C=O) groups is 1. The fraction of sp³-hybridized carbons (Fsp3) is 0.381. The number of halogens is 1. The van der Waals surface area contributed by atoms with Crippen LogP contribution in [0.15, 0.2) is 53.4 Å². The lowest BCUT2D eigenvalue weighted by Gasteiger charge is -2.33.